The molecule has 4 aromatic rings. The van der Waals surface area contributed by atoms with E-state index in [0.717, 1.165) is 53.8 Å². The fraction of sp³-hybridized carbons (Fsp3) is 0.370. The number of carbonyl (C=O) groups is 2. The first-order valence-electron chi connectivity index (χ1n) is 12.5. The topological polar surface area (TPSA) is 97.4 Å². The number of aromatic nitrogens is 4. The normalized spacial score (nSPS) is 18.0. The SMILES string of the molecule is Cc1ccc(N2C[C@@H](c3nc(-c4ccc5c(c4)ncn5CCC(=O)N4CCCC4)no3)CC2=O)cc1. The average Bonchev–Trinajstić information content (AvgIpc) is 3.69. The first-order valence-corrected chi connectivity index (χ1v) is 12.5. The van der Waals surface area contributed by atoms with Crippen LogP contribution in [0.4, 0.5) is 5.69 Å². The summed E-state index contributed by atoms with van der Waals surface area (Å²) in [6, 6.07) is 13.8. The van der Waals surface area contributed by atoms with Gasteiger partial charge in [-0.25, -0.2) is 4.98 Å². The number of fused-ring (bicyclic) bond motifs is 1. The zero-order valence-corrected chi connectivity index (χ0v) is 20.3. The minimum atomic E-state index is -0.142. The molecule has 9 heteroatoms. The van der Waals surface area contributed by atoms with Crippen LogP contribution in [0.5, 0.6) is 0 Å². The number of benzene rings is 2. The van der Waals surface area contributed by atoms with E-state index in [9.17, 15) is 9.59 Å². The fourth-order valence-corrected chi connectivity index (χ4v) is 5.09. The number of hydrogen-bond acceptors (Lipinski definition) is 6. The van der Waals surface area contributed by atoms with E-state index >= 15 is 0 Å². The minimum absolute atomic E-state index is 0.0544. The first kappa shape index (κ1) is 22.5. The Kier molecular flexibility index (Phi) is 5.75. The summed E-state index contributed by atoms with van der Waals surface area (Å²) in [4.78, 5) is 37.9. The highest BCUT2D eigenvalue weighted by atomic mass is 16.5. The number of amides is 2. The number of nitrogens with zero attached hydrogens (tertiary/aromatic N) is 6. The summed E-state index contributed by atoms with van der Waals surface area (Å²) >= 11 is 0. The Hall–Kier alpha value is -4.01. The summed E-state index contributed by atoms with van der Waals surface area (Å²) in [5.74, 6) is 1.07. The summed E-state index contributed by atoms with van der Waals surface area (Å²) < 4.78 is 7.59. The maximum atomic E-state index is 12.6. The number of aryl methyl sites for hydroxylation is 2. The molecule has 2 aliphatic rings. The molecule has 2 saturated heterocycles. The van der Waals surface area contributed by atoms with E-state index in [1.165, 1.54) is 0 Å². The molecule has 0 unspecified atom stereocenters. The number of imidazole rings is 1. The molecular formula is C27H28N6O3. The Morgan fingerprint density at radius 2 is 1.92 bits per heavy atom. The number of anilines is 1. The second kappa shape index (κ2) is 9.22. The van der Waals surface area contributed by atoms with Crippen LogP contribution in [0.25, 0.3) is 22.4 Å². The summed E-state index contributed by atoms with van der Waals surface area (Å²) in [5, 5.41) is 4.18. The van der Waals surface area contributed by atoms with Gasteiger partial charge in [0.2, 0.25) is 23.5 Å². The van der Waals surface area contributed by atoms with Crippen molar-refractivity contribution >= 4 is 28.5 Å². The number of carbonyl (C=O) groups excluding carboxylic acids is 2. The van der Waals surface area contributed by atoms with Gasteiger partial charge in [-0.3, -0.25) is 9.59 Å². The third-order valence-electron chi connectivity index (χ3n) is 7.17. The molecule has 0 radical (unpaired) electrons. The van der Waals surface area contributed by atoms with Crippen LogP contribution in [0.15, 0.2) is 53.3 Å². The number of likely N-dealkylation sites (tertiary alicyclic amines) is 1. The van der Waals surface area contributed by atoms with Crippen LogP contribution < -0.4 is 4.90 Å². The van der Waals surface area contributed by atoms with E-state index in [2.05, 4.69) is 15.1 Å². The molecule has 2 aliphatic heterocycles. The van der Waals surface area contributed by atoms with Crippen molar-refractivity contribution in [3.8, 4) is 11.4 Å². The second-order valence-electron chi connectivity index (χ2n) is 9.68. The molecule has 0 aliphatic carbocycles. The van der Waals surface area contributed by atoms with Gasteiger partial charge in [-0.1, -0.05) is 22.9 Å². The molecule has 0 saturated carbocycles. The van der Waals surface area contributed by atoms with Crippen molar-refractivity contribution in [2.75, 3.05) is 24.5 Å². The van der Waals surface area contributed by atoms with Crippen molar-refractivity contribution in [2.45, 2.75) is 45.1 Å². The van der Waals surface area contributed by atoms with Gasteiger partial charge >= 0.3 is 0 Å². The highest BCUT2D eigenvalue weighted by Gasteiger charge is 2.35. The zero-order chi connectivity index (χ0) is 24.6. The van der Waals surface area contributed by atoms with Gasteiger partial charge in [0.25, 0.3) is 0 Å². The third kappa shape index (κ3) is 4.25. The standard InChI is InChI=1S/C27H28N6O3/c1-18-4-7-21(8-5-18)33-16-20(15-25(33)35)27-29-26(30-36-27)19-6-9-23-22(14-19)28-17-32(23)13-10-24(34)31-11-2-3-12-31/h4-9,14,17,20H,2-3,10-13,15-16H2,1H3/t20-/m0/s1. The Morgan fingerprint density at radius 3 is 2.72 bits per heavy atom. The Balaban J connectivity index is 1.15. The van der Waals surface area contributed by atoms with Crippen molar-refractivity contribution in [1.82, 2.24) is 24.6 Å². The molecule has 1 atom stereocenters. The quantitative estimate of drug-likeness (QED) is 0.411. The van der Waals surface area contributed by atoms with Gasteiger partial charge in [0.05, 0.1) is 23.3 Å². The molecule has 36 heavy (non-hydrogen) atoms. The molecule has 2 fully saturated rings. The Bertz CT molecular complexity index is 1420. The molecule has 0 bridgehead atoms. The van der Waals surface area contributed by atoms with Gasteiger partial charge in [0, 0.05) is 50.3 Å². The van der Waals surface area contributed by atoms with E-state index in [1.54, 1.807) is 11.2 Å². The predicted octanol–water partition coefficient (Wildman–Crippen LogP) is 3.93. The van der Waals surface area contributed by atoms with Gasteiger partial charge in [0.1, 0.15) is 0 Å². The zero-order valence-electron chi connectivity index (χ0n) is 20.3. The summed E-state index contributed by atoms with van der Waals surface area (Å²) in [7, 11) is 0. The van der Waals surface area contributed by atoms with E-state index in [0.29, 0.717) is 37.6 Å². The minimum Gasteiger partial charge on any atom is -0.343 e. The maximum Gasteiger partial charge on any atom is 0.232 e. The van der Waals surface area contributed by atoms with Gasteiger partial charge in [-0.15, -0.1) is 0 Å². The average molecular weight is 485 g/mol. The van der Waals surface area contributed by atoms with Gasteiger partial charge in [-0.2, -0.15) is 4.98 Å². The maximum absolute atomic E-state index is 12.6. The first-order chi connectivity index (χ1) is 17.5. The molecule has 9 nitrogen and oxygen atoms in total. The molecule has 0 N–H and O–H groups in total. The molecular weight excluding hydrogens is 456 g/mol. The Morgan fingerprint density at radius 1 is 1.11 bits per heavy atom. The van der Waals surface area contributed by atoms with E-state index in [4.69, 9.17) is 4.52 Å². The molecule has 0 spiro atoms. The lowest BCUT2D eigenvalue weighted by Gasteiger charge is -2.16. The molecule has 4 heterocycles. The second-order valence-corrected chi connectivity index (χ2v) is 9.68. The lowest BCUT2D eigenvalue weighted by atomic mass is 10.1. The van der Waals surface area contributed by atoms with Crippen LogP contribution in [0.1, 0.15) is 43.1 Å². The van der Waals surface area contributed by atoms with Crippen molar-refractivity contribution in [3.63, 3.8) is 0 Å². The lowest BCUT2D eigenvalue weighted by molar-refractivity contribution is -0.130. The van der Waals surface area contributed by atoms with E-state index in [1.807, 2.05) is 58.9 Å². The molecule has 2 amide bonds. The molecule has 184 valence electrons. The van der Waals surface area contributed by atoms with Crippen LogP contribution in [0, 0.1) is 6.92 Å². The van der Waals surface area contributed by atoms with Crippen molar-refractivity contribution in [2.24, 2.45) is 0 Å². The number of rotatable bonds is 6. The van der Waals surface area contributed by atoms with Gasteiger partial charge in [-0.05, 0) is 50.1 Å². The van der Waals surface area contributed by atoms with Crippen LogP contribution in [-0.2, 0) is 16.1 Å². The van der Waals surface area contributed by atoms with Crippen LogP contribution in [-0.4, -0.2) is 56.0 Å². The smallest absolute Gasteiger partial charge is 0.232 e. The fourth-order valence-electron chi connectivity index (χ4n) is 5.09. The predicted molar refractivity (Wildman–Crippen MR) is 134 cm³/mol. The largest absolute Gasteiger partial charge is 0.343 e. The van der Waals surface area contributed by atoms with Crippen LogP contribution >= 0.6 is 0 Å². The highest BCUT2D eigenvalue weighted by Crippen LogP contribution is 2.32. The van der Waals surface area contributed by atoms with Crippen molar-refractivity contribution < 1.29 is 14.1 Å². The molecule has 2 aromatic heterocycles. The van der Waals surface area contributed by atoms with Crippen LogP contribution in [0.2, 0.25) is 0 Å². The van der Waals surface area contributed by atoms with Gasteiger partial charge in [0.15, 0.2) is 0 Å². The molecule has 6 rings (SSSR count). The summed E-state index contributed by atoms with van der Waals surface area (Å²) in [6.07, 6.45) is 4.79. The van der Waals surface area contributed by atoms with Crippen molar-refractivity contribution in [3.05, 3.63) is 60.2 Å². The summed E-state index contributed by atoms with van der Waals surface area (Å²) in [6.45, 7) is 4.89. The summed E-state index contributed by atoms with van der Waals surface area (Å²) in [5.41, 5.74) is 4.62. The monoisotopic (exact) mass is 484 g/mol. The highest BCUT2D eigenvalue weighted by molar-refractivity contribution is 5.96. The van der Waals surface area contributed by atoms with Gasteiger partial charge < -0.3 is 18.9 Å². The third-order valence-corrected chi connectivity index (χ3v) is 7.17. The lowest BCUT2D eigenvalue weighted by Crippen LogP contribution is -2.28. The number of hydrogen-bond donors (Lipinski definition) is 0. The van der Waals surface area contributed by atoms with Crippen LogP contribution in [0.3, 0.4) is 0 Å². The van der Waals surface area contributed by atoms with E-state index in [-0.39, 0.29) is 17.7 Å². The Labute approximate surface area is 208 Å². The van der Waals surface area contributed by atoms with E-state index < -0.39 is 0 Å². The van der Waals surface area contributed by atoms with Crippen molar-refractivity contribution in [1.29, 1.82) is 0 Å². The molecule has 2 aromatic carbocycles.